The summed E-state index contributed by atoms with van der Waals surface area (Å²) in [6.45, 7) is 5.50. The molecule has 1 heterocycles. The SMILES string of the molecule is Cc1cc(C)n(CCCNC(=O)/C=C/c2ccccc2)n1. The minimum absolute atomic E-state index is 0.0628. The zero-order chi connectivity index (χ0) is 15.1. The van der Waals surface area contributed by atoms with Crippen LogP contribution in [0.4, 0.5) is 0 Å². The van der Waals surface area contributed by atoms with Crippen molar-refractivity contribution in [2.24, 2.45) is 0 Å². The van der Waals surface area contributed by atoms with Crippen molar-refractivity contribution in [3.63, 3.8) is 0 Å². The third kappa shape index (κ3) is 4.91. The molecule has 1 N–H and O–H groups in total. The van der Waals surface area contributed by atoms with E-state index in [0.717, 1.165) is 29.9 Å². The first-order valence-electron chi connectivity index (χ1n) is 7.17. The molecule has 0 atom stereocenters. The van der Waals surface area contributed by atoms with Crippen LogP contribution in [0.15, 0.2) is 42.5 Å². The van der Waals surface area contributed by atoms with E-state index >= 15 is 0 Å². The van der Waals surface area contributed by atoms with Crippen molar-refractivity contribution < 1.29 is 4.79 Å². The van der Waals surface area contributed by atoms with Crippen LogP contribution in [0.25, 0.3) is 6.08 Å². The molecule has 0 saturated carbocycles. The zero-order valence-electron chi connectivity index (χ0n) is 12.5. The van der Waals surface area contributed by atoms with E-state index in [2.05, 4.69) is 16.5 Å². The number of rotatable bonds is 6. The fourth-order valence-corrected chi connectivity index (χ4v) is 2.14. The van der Waals surface area contributed by atoms with Crippen LogP contribution in [-0.2, 0) is 11.3 Å². The molecule has 21 heavy (non-hydrogen) atoms. The predicted molar refractivity (Wildman–Crippen MR) is 84.8 cm³/mol. The molecular weight excluding hydrogens is 262 g/mol. The number of nitrogens with zero attached hydrogens (tertiary/aromatic N) is 2. The molecule has 0 unspecified atom stereocenters. The molecule has 4 nitrogen and oxygen atoms in total. The van der Waals surface area contributed by atoms with Gasteiger partial charge in [0.1, 0.15) is 0 Å². The van der Waals surface area contributed by atoms with Crippen molar-refractivity contribution in [3.8, 4) is 0 Å². The van der Waals surface area contributed by atoms with E-state index in [1.807, 2.05) is 54.9 Å². The van der Waals surface area contributed by atoms with Crippen LogP contribution in [0.3, 0.4) is 0 Å². The van der Waals surface area contributed by atoms with Crippen molar-refractivity contribution in [2.75, 3.05) is 6.54 Å². The molecule has 0 aliphatic carbocycles. The quantitative estimate of drug-likeness (QED) is 0.654. The molecule has 0 radical (unpaired) electrons. The minimum Gasteiger partial charge on any atom is -0.352 e. The van der Waals surface area contributed by atoms with Gasteiger partial charge in [0.2, 0.25) is 5.91 Å². The molecule has 1 aromatic heterocycles. The fourth-order valence-electron chi connectivity index (χ4n) is 2.14. The number of nitrogens with one attached hydrogen (secondary N) is 1. The van der Waals surface area contributed by atoms with Gasteiger partial charge in [0.15, 0.2) is 0 Å². The number of benzene rings is 1. The first-order chi connectivity index (χ1) is 10.1. The fraction of sp³-hybridized carbons (Fsp3) is 0.294. The Morgan fingerprint density at radius 2 is 2.05 bits per heavy atom. The molecule has 1 aromatic carbocycles. The highest BCUT2D eigenvalue weighted by molar-refractivity contribution is 5.91. The number of carbonyl (C=O) groups is 1. The van der Waals surface area contributed by atoms with E-state index in [1.54, 1.807) is 6.08 Å². The lowest BCUT2D eigenvalue weighted by atomic mass is 10.2. The Hall–Kier alpha value is -2.36. The zero-order valence-corrected chi connectivity index (χ0v) is 12.5. The Morgan fingerprint density at radius 3 is 2.71 bits per heavy atom. The Kier molecular flexibility index (Phi) is 5.32. The summed E-state index contributed by atoms with van der Waals surface area (Å²) in [4.78, 5) is 11.7. The van der Waals surface area contributed by atoms with Gasteiger partial charge < -0.3 is 5.32 Å². The van der Waals surface area contributed by atoms with Crippen LogP contribution in [-0.4, -0.2) is 22.2 Å². The van der Waals surface area contributed by atoms with Crippen LogP contribution in [0, 0.1) is 13.8 Å². The lowest BCUT2D eigenvalue weighted by Gasteiger charge is -2.05. The third-order valence-corrected chi connectivity index (χ3v) is 3.18. The highest BCUT2D eigenvalue weighted by Crippen LogP contribution is 2.02. The number of amides is 1. The minimum atomic E-state index is -0.0628. The molecule has 0 fully saturated rings. The Morgan fingerprint density at radius 1 is 1.29 bits per heavy atom. The van der Waals surface area contributed by atoms with Crippen molar-refractivity contribution >= 4 is 12.0 Å². The van der Waals surface area contributed by atoms with Gasteiger partial charge >= 0.3 is 0 Å². The van der Waals surface area contributed by atoms with E-state index in [1.165, 1.54) is 0 Å². The summed E-state index contributed by atoms with van der Waals surface area (Å²) in [6, 6.07) is 11.8. The highest BCUT2D eigenvalue weighted by Gasteiger charge is 2.00. The van der Waals surface area contributed by atoms with Crippen LogP contribution < -0.4 is 5.32 Å². The molecule has 4 heteroatoms. The molecule has 0 spiro atoms. The Labute approximate surface area is 125 Å². The van der Waals surface area contributed by atoms with Crippen LogP contribution in [0.2, 0.25) is 0 Å². The Bertz CT molecular complexity index is 614. The third-order valence-electron chi connectivity index (χ3n) is 3.18. The molecule has 110 valence electrons. The summed E-state index contributed by atoms with van der Waals surface area (Å²) in [6.07, 6.45) is 4.25. The molecule has 2 rings (SSSR count). The molecule has 2 aromatic rings. The lowest BCUT2D eigenvalue weighted by Crippen LogP contribution is -2.23. The molecule has 0 aliphatic rings. The summed E-state index contributed by atoms with van der Waals surface area (Å²) in [5, 5.41) is 7.28. The topological polar surface area (TPSA) is 46.9 Å². The number of aromatic nitrogens is 2. The number of hydrogen-bond acceptors (Lipinski definition) is 2. The van der Waals surface area contributed by atoms with Crippen molar-refractivity contribution in [1.29, 1.82) is 0 Å². The monoisotopic (exact) mass is 283 g/mol. The normalized spacial score (nSPS) is 11.0. The predicted octanol–water partition coefficient (Wildman–Crippen LogP) is 2.72. The summed E-state index contributed by atoms with van der Waals surface area (Å²) in [5.74, 6) is -0.0628. The summed E-state index contributed by atoms with van der Waals surface area (Å²) >= 11 is 0. The number of carbonyl (C=O) groups excluding carboxylic acids is 1. The maximum Gasteiger partial charge on any atom is 0.244 e. The second kappa shape index (κ2) is 7.43. The van der Waals surface area contributed by atoms with E-state index < -0.39 is 0 Å². The van der Waals surface area contributed by atoms with Crippen LogP contribution in [0.5, 0.6) is 0 Å². The Balaban J connectivity index is 1.70. The standard InChI is InChI=1S/C17H21N3O/c1-14-13-15(2)20(19-14)12-6-11-18-17(21)10-9-16-7-4-3-5-8-16/h3-5,7-10,13H,6,11-12H2,1-2H3,(H,18,21)/b10-9+. The molecule has 0 saturated heterocycles. The maximum atomic E-state index is 11.7. The lowest BCUT2D eigenvalue weighted by molar-refractivity contribution is -0.116. The van der Waals surface area contributed by atoms with Crippen LogP contribution >= 0.6 is 0 Å². The van der Waals surface area contributed by atoms with E-state index in [0.29, 0.717) is 6.54 Å². The molecular formula is C17H21N3O. The molecule has 0 aliphatic heterocycles. The second-order valence-corrected chi connectivity index (χ2v) is 5.04. The average molecular weight is 283 g/mol. The number of aryl methyl sites for hydroxylation is 3. The molecule has 1 amide bonds. The largest absolute Gasteiger partial charge is 0.352 e. The van der Waals surface area contributed by atoms with Gasteiger partial charge in [-0.1, -0.05) is 30.3 Å². The highest BCUT2D eigenvalue weighted by atomic mass is 16.1. The van der Waals surface area contributed by atoms with Gasteiger partial charge in [-0.05, 0) is 38.0 Å². The smallest absolute Gasteiger partial charge is 0.244 e. The summed E-state index contributed by atoms with van der Waals surface area (Å²) in [5.41, 5.74) is 3.21. The van der Waals surface area contributed by atoms with Crippen molar-refractivity contribution in [1.82, 2.24) is 15.1 Å². The summed E-state index contributed by atoms with van der Waals surface area (Å²) < 4.78 is 1.97. The van der Waals surface area contributed by atoms with Crippen molar-refractivity contribution in [2.45, 2.75) is 26.8 Å². The van der Waals surface area contributed by atoms with Gasteiger partial charge in [0.05, 0.1) is 5.69 Å². The summed E-state index contributed by atoms with van der Waals surface area (Å²) in [7, 11) is 0. The van der Waals surface area contributed by atoms with Crippen LogP contribution in [0.1, 0.15) is 23.4 Å². The maximum absolute atomic E-state index is 11.7. The first-order valence-corrected chi connectivity index (χ1v) is 7.17. The molecule has 0 bridgehead atoms. The van der Waals surface area contributed by atoms with Gasteiger partial charge in [0, 0.05) is 24.9 Å². The average Bonchev–Trinajstić information content (AvgIpc) is 2.80. The van der Waals surface area contributed by atoms with E-state index in [9.17, 15) is 4.79 Å². The van der Waals surface area contributed by atoms with Gasteiger partial charge in [-0.25, -0.2) is 0 Å². The first kappa shape index (κ1) is 15.0. The number of hydrogen-bond donors (Lipinski definition) is 1. The second-order valence-electron chi connectivity index (χ2n) is 5.04. The van der Waals surface area contributed by atoms with Gasteiger partial charge in [-0.15, -0.1) is 0 Å². The van der Waals surface area contributed by atoms with Gasteiger partial charge in [-0.3, -0.25) is 9.48 Å². The van der Waals surface area contributed by atoms with Gasteiger partial charge in [0.25, 0.3) is 0 Å². The van der Waals surface area contributed by atoms with E-state index in [4.69, 9.17) is 0 Å². The van der Waals surface area contributed by atoms with Crippen molar-refractivity contribution in [3.05, 3.63) is 59.4 Å². The van der Waals surface area contributed by atoms with E-state index in [-0.39, 0.29) is 5.91 Å². The van der Waals surface area contributed by atoms with Gasteiger partial charge in [-0.2, -0.15) is 5.10 Å².